The van der Waals surface area contributed by atoms with Gasteiger partial charge in [0.1, 0.15) is 11.5 Å². The van der Waals surface area contributed by atoms with Crippen LogP contribution in [0.1, 0.15) is 41.5 Å². The molecule has 0 aliphatic carbocycles. The number of rotatable bonds is 10. The van der Waals surface area contributed by atoms with Crippen molar-refractivity contribution in [3.8, 4) is 0 Å². The standard InChI is InChI=1S/C31H35F3N8O4/c1-21-8-11-41(12-9-21)30-37-24(27(43)36-18-23(28(44)45)20-46-19-22-5-3-2-4-6-22)17-26(39-30)40-13-15-42(16-14-40)29-35-10-7-25(38-29)31(32,33)34/h2-7,10,17-18,21,23H,8-9,11-16,19-20H2,1H3,(H,44,45)/p+1/t23-/m0/s1. The van der Waals surface area contributed by atoms with Crippen molar-refractivity contribution in [3.63, 3.8) is 0 Å². The molecule has 5 rings (SSSR count). The fourth-order valence-electron chi connectivity index (χ4n) is 5.16. The van der Waals surface area contributed by atoms with E-state index in [1.165, 1.54) is 12.3 Å². The topological polar surface area (TPSA) is 139 Å². The summed E-state index contributed by atoms with van der Waals surface area (Å²) in [5.74, 6) is -1.42. The number of piperidine rings is 1. The van der Waals surface area contributed by atoms with Crippen molar-refractivity contribution >= 4 is 35.8 Å². The highest BCUT2D eigenvalue weighted by Crippen LogP contribution is 2.29. The number of nitrogens with one attached hydrogen (secondary N) is 1. The average Bonchev–Trinajstić information content (AvgIpc) is 3.06. The van der Waals surface area contributed by atoms with Crippen molar-refractivity contribution < 1.29 is 37.6 Å². The molecule has 0 saturated carbocycles. The number of carboxylic acid groups (broad SMARTS) is 1. The number of halogens is 3. The van der Waals surface area contributed by atoms with Gasteiger partial charge in [0.15, 0.2) is 17.8 Å². The lowest BCUT2D eigenvalue weighted by Crippen LogP contribution is -2.75. The summed E-state index contributed by atoms with van der Waals surface area (Å²) in [6.45, 7) is 5.15. The van der Waals surface area contributed by atoms with E-state index in [2.05, 4.69) is 26.9 Å². The van der Waals surface area contributed by atoms with Gasteiger partial charge in [0.25, 0.3) is 0 Å². The molecule has 0 radical (unpaired) electrons. The normalized spacial score (nSPS) is 17.0. The number of aromatic nitrogens is 4. The minimum atomic E-state index is -4.57. The average molecular weight is 642 g/mol. The molecule has 4 heterocycles. The molecule has 1 atom stereocenters. The van der Waals surface area contributed by atoms with Crippen LogP contribution in [-0.4, -0.2) is 89.0 Å². The van der Waals surface area contributed by atoms with E-state index >= 15 is 0 Å². The predicted octanol–water partition coefficient (Wildman–Crippen LogP) is 2.06. The molecule has 0 bridgehead atoms. The van der Waals surface area contributed by atoms with E-state index in [0.717, 1.165) is 43.8 Å². The summed E-state index contributed by atoms with van der Waals surface area (Å²) in [6, 6.07) is 11.7. The summed E-state index contributed by atoms with van der Waals surface area (Å²) >= 11 is 0. The number of piperazine rings is 1. The predicted molar refractivity (Wildman–Crippen MR) is 163 cm³/mol. The molecule has 2 N–H and O–H groups in total. The summed E-state index contributed by atoms with van der Waals surface area (Å²) in [6.07, 6.45) is -0.395. The zero-order chi connectivity index (χ0) is 32.7. The number of nitrogens with zero attached hydrogens (tertiary/aromatic N) is 7. The van der Waals surface area contributed by atoms with Crippen molar-refractivity contribution in [1.29, 1.82) is 0 Å². The van der Waals surface area contributed by atoms with Gasteiger partial charge >= 0.3 is 18.1 Å². The van der Waals surface area contributed by atoms with E-state index in [1.807, 2.05) is 40.1 Å². The number of amides is 1. The van der Waals surface area contributed by atoms with Crippen LogP contribution in [0.15, 0.2) is 48.7 Å². The first kappa shape index (κ1) is 32.7. The van der Waals surface area contributed by atoms with Gasteiger partial charge < -0.3 is 24.5 Å². The van der Waals surface area contributed by atoms with E-state index in [9.17, 15) is 27.9 Å². The Morgan fingerprint density at radius 1 is 0.978 bits per heavy atom. The molecule has 2 aliphatic rings. The Balaban J connectivity index is 1.31. The summed E-state index contributed by atoms with van der Waals surface area (Å²) in [4.78, 5) is 50.4. The van der Waals surface area contributed by atoms with Crippen molar-refractivity contribution in [2.75, 3.05) is 60.6 Å². The number of benzene rings is 1. The van der Waals surface area contributed by atoms with Crippen LogP contribution < -0.4 is 19.7 Å². The van der Waals surface area contributed by atoms with Crippen LogP contribution >= 0.6 is 0 Å². The Morgan fingerprint density at radius 3 is 2.33 bits per heavy atom. The fourth-order valence-corrected chi connectivity index (χ4v) is 5.16. The monoisotopic (exact) mass is 641 g/mol. The summed E-state index contributed by atoms with van der Waals surface area (Å²) in [5, 5.41) is 9.69. The number of hydrogen-bond acceptors (Lipinski definition) is 10. The molecule has 1 aromatic carbocycles. The highest BCUT2D eigenvalue weighted by atomic mass is 19.4. The molecule has 46 heavy (non-hydrogen) atoms. The molecule has 12 nitrogen and oxygen atoms in total. The third kappa shape index (κ3) is 8.53. The lowest BCUT2D eigenvalue weighted by atomic mass is 10.00. The van der Waals surface area contributed by atoms with Crippen LogP contribution in [0, 0.1) is 11.8 Å². The molecule has 0 spiro atoms. The van der Waals surface area contributed by atoms with E-state index in [-0.39, 0.29) is 24.9 Å². The van der Waals surface area contributed by atoms with Gasteiger partial charge in [-0.2, -0.15) is 23.1 Å². The quantitative estimate of drug-likeness (QED) is 0.315. The third-order valence-corrected chi connectivity index (χ3v) is 7.96. The fraction of sp³-hybridized carbons (Fsp3) is 0.452. The van der Waals surface area contributed by atoms with Crippen molar-refractivity contribution in [2.45, 2.75) is 32.5 Å². The van der Waals surface area contributed by atoms with Gasteiger partial charge in [0.05, 0.1) is 13.2 Å². The second-order valence-corrected chi connectivity index (χ2v) is 11.4. The zero-order valence-corrected chi connectivity index (χ0v) is 25.4. The smallest absolute Gasteiger partial charge is 0.436 e. The van der Waals surface area contributed by atoms with E-state index in [0.29, 0.717) is 43.9 Å². The largest absolute Gasteiger partial charge is 0.481 e. The first-order chi connectivity index (χ1) is 22.1. The van der Waals surface area contributed by atoms with Crippen LogP contribution in [0.4, 0.5) is 30.9 Å². The molecular formula is C31H36F3N8O4+. The maximum atomic E-state index is 13.3. The molecule has 0 unspecified atom stereocenters. The number of aliphatic carboxylic acids is 1. The molecule has 244 valence electrons. The number of hydrogen-bond donors (Lipinski definition) is 2. The maximum absolute atomic E-state index is 13.3. The van der Waals surface area contributed by atoms with Crippen molar-refractivity contribution in [2.24, 2.45) is 11.8 Å². The summed E-state index contributed by atoms with van der Waals surface area (Å²) in [7, 11) is 0. The molecule has 15 heteroatoms. The molecule has 3 aromatic rings. The van der Waals surface area contributed by atoms with Gasteiger partial charge in [-0.3, -0.25) is 4.79 Å². The van der Waals surface area contributed by atoms with Gasteiger partial charge in [-0.1, -0.05) is 37.3 Å². The SMILES string of the molecule is CC1CCN(c2nc(C(=O)[NH+]=C[C@@H](COCc3ccccc3)C(=O)O)cc(N3CCN(c4nccc(C(F)(F)F)n4)CC3)n2)CC1. The Kier molecular flexibility index (Phi) is 10.4. The highest BCUT2D eigenvalue weighted by molar-refractivity contribution is 5.91. The Morgan fingerprint density at radius 2 is 1.65 bits per heavy atom. The van der Waals surface area contributed by atoms with E-state index < -0.39 is 29.7 Å². The second-order valence-electron chi connectivity index (χ2n) is 11.4. The van der Waals surface area contributed by atoms with Crippen LogP contribution in [0.3, 0.4) is 0 Å². The van der Waals surface area contributed by atoms with Crippen LogP contribution in [0.25, 0.3) is 0 Å². The number of anilines is 3. The lowest BCUT2D eigenvalue weighted by Gasteiger charge is -2.36. The van der Waals surface area contributed by atoms with Gasteiger partial charge in [0.2, 0.25) is 11.9 Å². The molecular weight excluding hydrogens is 605 g/mol. The van der Waals surface area contributed by atoms with Gasteiger partial charge in [-0.05, 0) is 30.4 Å². The minimum absolute atomic E-state index is 0.00313. The number of carboxylic acids is 1. The molecule has 2 aromatic heterocycles. The van der Waals surface area contributed by atoms with Crippen molar-refractivity contribution in [3.05, 3.63) is 65.6 Å². The number of carbonyl (C=O) groups excluding carboxylic acids is 1. The zero-order valence-electron chi connectivity index (χ0n) is 25.4. The number of carbonyl (C=O) groups is 2. The summed E-state index contributed by atoms with van der Waals surface area (Å²) in [5.41, 5.74) is -0.0450. The molecule has 2 fully saturated rings. The molecule has 1 amide bonds. The summed E-state index contributed by atoms with van der Waals surface area (Å²) < 4.78 is 45.1. The third-order valence-electron chi connectivity index (χ3n) is 7.96. The highest BCUT2D eigenvalue weighted by Gasteiger charge is 2.34. The van der Waals surface area contributed by atoms with Gasteiger partial charge in [-0.25, -0.2) is 19.7 Å². The Hall–Kier alpha value is -4.66. The first-order valence-electron chi connectivity index (χ1n) is 15.1. The van der Waals surface area contributed by atoms with Crippen LogP contribution in [0.2, 0.25) is 0 Å². The van der Waals surface area contributed by atoms with Crippen LogP contribution in [0.5, 0.6) is 0 Å². The lowest BCUT2D eigenvalue weighted by molar-refractivity contribution is -0.342. The van der Waals surface area contributed by atoms with Gasteiger partial charge in [0, 0.05) is 51.5 Å². The van der Waals surface area contributed by atoms with E-state index in [4.69, 9.17) is 9.72 Å². The van der Waals surface area contributed by atoms with E-state index in [1.54, 1.807) is 4.90 Å². The number of alkyl halides is 3. The van der Waals surface area contributed by atoms with Gasteiger partial charge in [-0.15, -0.1) is 0 Å². The number of ether oxygens (including phenoxy) is 1. The first-order valence-corrected chi connectivity index (χ1v) is 15.1. The van der Waals surface area contributed by atoms with Crippen LogP contribution in [-0.2, 0) is 22.3 Å². The minimum Gasteiger partial charge on any atom is -0.481 e. The van der Waals surface area contributed by atoms with Crippen molar-refractivity contribution in [1.82, 2.24) is 19.9 Å². The molecule has 2 saturated heterocycles. The Labute approximate surface area is 264 Å². The second kappa shape index (κ2) is 14.6. The molecule has 2 aliphatic heterocycles. The Bertz CT molecular complexity index is 1530. The maximum Gasteiger partial charge on any atom is 0.436 e.